The number of fused-ring (bicyclic) bond motifs is 1. The van der Waals surface area contributed by atoms with Gasteiger partial charge in [0.1, 0.15) is 17.6 Å². The summed E-state index contributed by atoms with van der Waals surface area (Å²) < 4.78 is 12.2. The third-order valence-corrected chi connectivity index (χ3v) is 3.97. The van der Waals surface area contributed by atoms with Gasteiger partial charge >= 0.3 is 0 Å². The second-order valence-electron chi connectivity index (χ2n) is 5.44. The molecular formula is C17H17BrN2O3. The second kappa shape index (κ2) is 7.00. The highest BCUT2D eigenvalue weighted by atomic mass is 79.9. The number of ether oxygens (including phenoxy) is 2. The quantitative estimate of drug-likeness (QED) is 0.825. The summed E-state index contributed by atoms with van der Waals surface area (Å²) in [6.45, 7) is 3.00. The number of hydrogen-bond donors (Lipinski definition) is 0. The van der Waals surface area contributed by atoms with Crippen molar-refractivity contribution in [3.05, 3.63) is 52.8 Å². The summed E-state index contributed by atoms with van der Waals surface area (Å²) in [5, 5.41) is 0. The molecule has 0 aliphatic carbocycles. The van der Waals surface area contributed by atoms with E-state index in [1.165, 1.54) is 0 Å². The van der Waals surface area contributed by atoms with Crippen molar-refractivity contribution in [3.63, 3.8) is 0 Å². The molecule has 0 saturated heterocycles. The van der Waals surface area contributed by atoms with Gasteiger partial charge in [0.25, 0.3) is 5.91 Å². The summed E-state index contributed by atoms with van der Waals surface area (Å²) in [5.74, 6) is 1.33. The third-order valence-electron chi connectivity index (χ3n) is 3.53. The molecule has 1 aromatic carbocycles. The number of aromatic nitrogens is 1. The van der Waals surface area contributed by atoms with Gasteiger partial charge in [-0.15, -0.1) is 0 Å². The Hall–Kier alpha value is -2.08. The maximum absolute atomic E-state index is 12.5. The third kappa shape index (κ3) is 4.01. The Labute approximate surface area is 143 Å². The van der Waals surface area contributed by atoms with E-state index >= 15 is 0 Å². The van der Waals surface area contributed by atoms with Gasteiger partial charge in [0, 0.05) is 22.8 Å². The molecule has 1 aliphatic heterocycles. The van der Waals surface area contributed by atoms with Crippen LogP contribution in [-0.2, 0) is 11.3 Å². The minimum atomic E-state index is -0.0721. The van der Waals surface area contributed by atoms with Crippen LogP contribution in [-0.4, -0.2) is 35.0 Å². The van der Waals surface area contributed by atoms with Crippen LogP contribution in [0.2, 0.25) is 0 Å². The Morgan fingerprint density at radius 2 is 2.26 bits per heavy atom. The Morgan fingerprint density at radius 3 is 3.09 bits per heavy atom. The first-order valence-corrected chi connectivity index (χ1v) is 8.17. The predicted molar refractivity (Wildman–Crippen MR) is 89.4 cm³/mol. The zero-order valence-electron chi connectivity index (χ0n) is 12.7. The minimum absolute atomic E-state index is 0.0208. The monoisotopic (exact) mass is 376 g/mol. The van der Waals surface area contributed by atoms with Crippen molar-refractivity contribution in [1.82, 2.24) is 9.88 Å². The van der Waals surface area contributed by atoms with Gasteiger partial charge in [-0.3, -0.25) is 9.78 Å². The fourth-order valence-electron chi connectivity index (χ4n) is 2.48. The molecule has 23 heavy (non-hydrogen) atoms. The van der Waals surface area contributed by atoms with Gasteiger partial charge in [-0.1, -0.05) is 18.2 Å². The summed E-state index contributed by atoms with van der Waals surface area (Å²) in [6, 6.07) is 9.58. The molecule has 0 N–H and O–H groups in total. The molecule has 6 heteroatoms. The number of rotatable bonds is 3. The van der Waals surface area contributed by atoms with Crippen LogP contribution in [0, 0.1) is 0 Å². The van der Waals surface area contributed by atoms with Crippen LogP contribution in [0.5, 0.6) is 11.5 Å². The molecular weight excluding hydrogens is 360 g/mol. The van der Waals surface area contributed by atoms with E-state index < -0.39 is 0 Å². The molecule has 0 spiro atoms. The van der Waals surface area contributed by atoms with Crippen LogP contribution >= 0.6 is 15.9 Å². The lowest BCUT2D eigenvalue weighted by molar-refractivity contribution is -0.134. The fourth-order valence-corrected chi connectivity index (χ4v) is 2.83. The zero-order chi connectivity index (χ0) is 16.2. The molecule has 2 aromatic rings. The van der Waals surface area contributed by atoms with E-state index in [1.807, 2.05) is 31.2 Å². The maximum Gasteiger partial charge on any atom is 0.260 e. The fraction of sp³-hybridized carbons (Fsp3) is 0.294. The Morgan fingerprint density at radius 1 is 1.43 bits per heavy atom. The van der Waals surface area contributed by atoms with Crippen molar-refractivity contribution >= 4 is 21.8 Å². The molecule has 1 atom stereocenters. The highest BCUT2D eigenvalue weighted by molar-refractivity contribution is 9.10. The Balaban J connectivity index is 1.67. The molecule has 1 aliphatic rings. The summed E-state index contributed by atoms with van der Waals surface area (Å²) in [5.41, 5.74) is 1.01. The molecule has 1 unspecified atom stereocenters. The highest BCUT2D eigenvalue weighted by Gasteiger charge is 2.23. The number of amides is 1. The normalized spacial score (nSPS) is 17.0. The molecule has 2 heterocycles. The van der Waals surface area contributed by atoms with Gasteiger partial charge in [-0.2, -0.15) is 0 Å². The molecule has 120 valence electrons. The predicted octanol–water partition coefficient (Wildman–Crippen LogP) is 3.03. The van der Waals surface area contributed by atoms with Crippen molar-refractivity contribution in [3.8, 4) is 11.5 Å². The number of hydrogen-bond acceptors (Lipinski definition) is 4. The standard InChI is InChI=1S/C17H17BrN2O3/c1-12-9-20(10-13-4-2-3-5-16(13)23-12)17(21)11-22-15-6-14(18)7-19-8-15/h2-8,12H,9-11H2,1H3. The van der Waals surface area contributed by atoms with Crippen molar-refractivity contribution in [2.24, 2.45) is 0 Å². The van der Waals surface area contributed by atoms with Crippen LogP contribution in [0.4, 0.5) is 0 Å². The Bertz CT molecular complexity index is 708. The average Bonchev–Trinajstić information content (AvgIpc) is 2.70. The van der Waals surface area contributed by atoms with E-state index in [1.54, 1.807) is 23.4 Å². The number of para-hydroxylation sites is 1. The second-order valence-corrected chi connectivity index (χ2v) is 6.35. The average molecular weight is 377 g/mol. The van der Waals surface area contributed by atoms with E-state index in [9.17, 15) is 4.79 Å². The molecule has 0 radical (unpaired) electrons. The number of benzene rings is 1. The van der Waals surface area contributed by atoms with E-state index in [0.29, 0.717) is 18.8 Å². The van der Waals surface area contributed by atoms with Crippen molar-refractivity contribution in [1.29, 1.82) is 0 Å². The smallest absolute Gasteiger partial charge is 0.260 e. The maximum atomic E-state index is 12.5. The lowest BCUT2D eigenvalue weighted by atomic mass is 10.2. The van der Waals surface area contributed by atoms with Gasteiger partial charge in [-0.05, 0) is 35.0 Å². The van der Waals surface area contributed by atoms with Crippen LogP contribution in [0.25, 0.3) is 0 Å². The molecule has 1 aromatic heterocycles. The first-order chi connectivity index (χ1) is 11.1. The van der Waals surface area contributed by atoms with Crippen LogP contribution in [0.3, 0.4) is 0 Å². The van der Waals surface area contributed by atoms with Gasteiger partial charge in [0.05, 0.1) is 12.7 Å². The van der Waals surface area contributed by atoms with E-state index in [2.05, 4.69) is 20.9 Å². The molecule has 1 amide bonds. The van der Waals surface area contributed by atoms with E-state index in [-0.39, 0.29) is 18.6 Å². The van der Waals surface area contributed by atoms with Gasteiger partial charge in [0.2, 0.25) is 0 Å². The van der Waals surface area contributed by atoms with Gasteiger partial charge < -0.3 is 14.4 Å². The summed E-state index contributed by atoms with van der Waals surface area (Å²) in [4.78, 5) is 18.3. The number of nitrogens with zero attached hydrogens (tertiary/aromatic N) is 2. The van der Waals surface area contributed by atoms with E-state index in [0.717, 1.165) is 15.8 Å². The largest absolute Gasteiger partial charge is 0.489 e. The molecule has 0 saturated carbocycles. The Kier molecular flexibility index (Phi) is 4.81. The zero-order valence-corrected chi connectivity index (χ0v) is 14.3. The lowest BCUT2D eigenvalue weighted by Gasteiger charge is -2.22. The number of pyridine rings is 1. The van der Waals surface area contributed by atoms with Crippen molar-refractivity contribution < 1.29 is 14.3 Å². The van der Waals surface area contributed by atoms with Crippen LogP contribution < -0.4 is 9.47 Å². The first kappa shape index (κ1) is 15.8. The molecule has 3 rings (SSSR count). The number of carbonyl (C=O) groups excluding carboxylic acids is 1. The van der Waals surface area contributed by atoms with E-state index in [4.69, 9.17) is 9.47 Å². The highest BCUT2D eigenvalue weighted by Crippen LogP contribution is 2.25. The summed E-state index contributed by atoms with van der Waals surface area (Å²) in [6.07, 6.45) is 3.19. The van der Waals surface area contributed by atoms with Crippen molar-refractivity contribution in [2.75, 3.05) is 13.2 Å². The topological polar surface area (TPSA) is 51.7 Å². The molecule has 0 fully saturated rings. The lowest BCUT2D eigenvalue weighted by Crippen LogP contribution is -2.38. The molecule has 0 bridgehead atoms. The van der Waals surface area contributed by atoms with Crippen LogP contribution in [0.15, 0.2) is 47.2 Å². The first-order valence-electron chi connectivity index (χ1n) is 7.37. The number of halogens is 1. The van der Waals surface area contributed by atoms with Crippen molar-refractivity contribution in [2.45, 2.75) is 19.6 Å². The van der Waals surface area contributed by atoms with Crippen LogP contribution in [0.1, 0.15) is 12.5 Å². The van der Waals surface area contributed by atoms with Gasteiger partial charge in [-0.25, -0.2) is 0 Å². The summed E-state index contributed by atoms with van der Waals surface area (Å²) >= 11 is 3.33. The SMILES string of the molecule is CC1CN(C(=O)COc2cncc(Br)c2)Cc2ccccc2O1. The number of carbonyl (C=O) groups is 1. The molecule has 5 nitrogen and oxygen atoms in total. The minimum Gasteiger partial charge on any atom is -0.489 e. The van der Waals surface area contributed by atoms with Gasteiger partial charge in [0.15, 0.2) is 6.61 Å². The summed E-state index contributed by atoms with van der Waals surface area (Å²) in [7, 11) is 0.